The lowest BCUT2D eigenvalue weighted by Crippen LogP contribution is -2.34. The third-order valence-electron chi connectivity index (χ3n) is 6.76. The van der Waals surface area contributed by atoms with Crippen LogP contribution in [0.4, 0.5) is 4.79 Å². The molecule has 0 bridgehead atoms. The van der Waals surface area contributed by atoms with Gasteiger partial charge in [-0.05, 0) is 82.5 Å². The molecule has 2 aromatic rings. The highest BCUT2D eigenvalue weighted by Gasteiger charge is 2.38. The number of benzene rings is 2. The van der Waals surface area contributed by atoms with Gasteiger partial charge in [-0.15, -0.1) is 0 Å². The molecule has 0 aromatic heterocycles. The third-order valence-corrected chi connectivity index (χ3v) is 7.67. The first kappa shape index (κ1) is 23.3. The Balaban J connectivity index is 1.56. The summed E-state index contributed by atoms with van der Waals surface area (Å²) in [7, 11) is 1.55. The van der Waals surface area contributed by atoms with Crippen molar-refractivity contribution in [2.45, 2.75) is 51.4 Å². The topological polar surface area (TPSA) is 63.7 Å². The summed E-state index contributed by atoms with van der Waals surface area (Å²) in [6.45, 7) is 8.77. The molecule has 0 saturated carbocycles. The summed E-state index contributed by atoms with van der Waals surface area (Å²) in [4.78, 5) is 39.5. The molecule has 5 nitrogen and oxygen atoms in total. The van der Waals surface area contributed by atoms with Gasteiger partial charge in [0, 0.05) is 5.56 Å². The van der Waals surface area contributed by atoms with Gasteiger partial charge in [-0.1, -0.05) is 45.9 Å². The first-order valence-corrected chi connectivity index (χ1v) is 11.9. The van der Waals surface area contributed by atoms with Crippen LogP contribution in [0.5, 0.6) is 5.75 Å². The van der Waals surface area contributed by atoms with Crippen LogP contribution in [0.2, 0.25) is 0 Å². The molecule has 6 heteroatoms. The zero-order valence-electron chi connectivity index (χ0n) is 19.7. The van der Waals surface area contributed by atoms with E-state index < -0.39 is 11.1 Å². The van der Waals surface area contributed by atoms with E-state index >= 15 is 0 Å². The van der Waals surface area contributed by atoms with Gasteiger partial charge in [-0.2, -0.15) is 0 Å². The number of imide groups is 1. The fourth-order valence-electron chi connectivity index (χ4n) is 4.50. The van der Waals surface area contributed by atoms with E-state index in [9.17, 15) is 14.4 Å². The van der Waals surface area contributed by atoms with Gasteiger partial charge in [0.2, 0.25) is 0 Å². The van der Waals surface area contributed by atoms with Crippen molar-refractivity contribution in [2.24, 2.45) is 0 Å². The number of hydrogen-bond acceptors (Lipinski definition) is 5. The smallest absolute Gasteiger partial charge is 0.293 e. The maximum atomic E-state index is 13.0. The molecular formula is C27H29NO4S. The van der Waals surface area contributed by atoms with E-state index in [2.05, 4.69) is 39.8 Å². The summed E-state index contributed by atoms with van der Waals surface area (Å²) >= 11 is 0.883. The highest BCUT2D eigenvalue weighted by molar-refractivity contribution is 8.18. The van der Waals surface area contributed by atoms with Crippen LogP contribution in [0.1, 0.15) is 67.6 Å². The predicted molar refractivity (Wildman–Crippen MR) is 132 cm³/mol. The van der Waals surface area contributed by atoms with E-state index in [-0.39, 0.29) is 23.2 Å². The van der Waals surface area contributed by atoms with Crippen molar-refractivity contribution >= 4 is 34.8 Å². The van der Waals surface area contributed by atoms with Crippen LogP contribution in [0.25, 0.3) is 6.08 Å². The normalized spacial score (nSPS) is 20.2. The summed E-state index contributed by atoms with van der Waals surface area (Å²) in [6, 6.07) is 12.9. The number of Topliss-reactive ketones (excluding diaryl/α,β-unsaturated/α-hetero) is 1. The summed E-state index contributed by atoms with van der Waals surface area (Å²) in [5, 5.41) is -0.424. The molecule has 2 aromatic carbocycles. The minimum atomic E-state index is -0.427. The van der Waals surface area contributed by atoms with E-state index in [4.69, 9.17) is 4.74 Å². The van der Waals surface area contributed by atoms with E-state index in [1.165, 1.54) is 11.1 Å². The predicted octanol–water partition coefficient (Wildman–Crippen LogP) is 5.96. The van der Waals surface area contributed by atoms with Crippen LogP contribution < -0.4 is 4.74 Å². The second kappa shape index (κ2) is 8.49. The average Bonchev–Trinajstić information content (AvgIpc) is 3.04. The Morgan fingerprint density at radius 1 is 1.00 bits per heavy atom. The summed E-state index contributed by atoms with van der Waals surface area (Å²) < 4.78 is 5.11. The lowest BCUT2D eigenvalue weighted by Gasteiger charge is -2.42. The SMILES string of the molecule is COc1ccc(C(=O)CN2C(=O)S/C(=C\c3ccc4c(c3)C(C)(C)CCC4(C)C)C2=O)cc1. The molecule has 0 spiro atoms. The molecule has 1 aliphatic heterocycles. The third kappa shape index (κ3) is 4.49. The number of carbonyl (C=O) groups is 3. The molecule has 2 aliphatic rings. The van der Waals surface area contributed by atoms with Gasteiger partial charge in [0.15, 0.2) is 5.78 Å². The first-order chi connectivity index (χ1) is 15.5. The van der Waals surface area contributed by atoms with Crippen molar-refractivity contribution in [3.8, 4) is 5.75 Å². The number of carbonyl (C=O) groups excluding carboxylic acids is 3. The number of ether oxygens (including phenoxy) is 1. The Labute approximate surface area is 199 Å². The summed E-state index contributed by atoms with van der Waals surface area (Å²) in [6.07, 6.45) is 3.99. The number of amides is 2. The van der Waals surface area contributed by atoms with Crippen LogP contribution in [0, 0.1) is 0 Å². The van der Waals surface area contributed by atoms with Gasteiger partial charge >= 0.3 is 0 Å². The zero-order valence-corrected chi connectivity index (χ0v) is 20.5. The Hall–Kier alpha value is -2.86. The van der Waals surface area contributed by atoms with Crippen LogP contribution in [0.15, 0.2) is 47.4 Å². The van der Waals surface area contributed by atoms with E-state index in [1.54, 1.807) is 37.5 Å². The van der Waals surface area contributed by atoms with Crippen LogP contribution >= 0.6 is 11.8 Å². The van der Waals surface area contributed by atoms with Gasteiger partial charge in [0.1, 0.15) is 5.75 Å². The van der Waals surface area contributed by atoms with Crippen LogP contribution in [-0.2, 0) is 15.6 Å². The van der Waals surface area contributed by atoms with Crippen molar-refractivity contribution in [3.63, 3.8) is 0 Å². The molecule has 4 rings (SSSR count). The second-order valence-electron chi connectivity index (χ2n) is 9.99. The highest BCUT2D eigenvalue weighted by Crippen LogP contribution is 2.46. The fraction of sp³-hybridized carbons (Fsp3) is 0.370. The lowest BCUT2D eigenvalue weighted by atomic mass is 9.63. The molecule has 0 unspecified atom stereocenters. The van der Waals surface area contributed by atoms with Crippen molar-refractivity contribution < 1.29 is 19.1 Å². The monoisotopic (exact) mass is 463 g/mol. The molecule has 33 heavy (non-hydrogen) atoms. The van der Waals surface area contributed by atoms with Crippen molar-refractivity contribution in [1.29, 1.82) is 0 Å². The number of thioether (sulfide) groups is 1. The Kier molecular flexibility index (Phi) is 5.99. The standard InChI is InChI=1S/C27H29NO4S/c1-26(2)12-13-27(3,4)21-14-17(6-11-20(21)26)15-23-24(30)28(25(31)33-23)16-22(29)18-7-9-19(32-5)10-8-18/h6-11,14-15H,12-13,16H2,1-5H3/b23-15-. The molecule has 0 N–H and O–H groups in total. The van der Waals surface area contributed by atoms with Crippen LogP contribution in [0.3, 0.4) is 0 Å². The first-order valence-electron chi connectivity index (χ1n) is 11.1. The fourth-order valence-corrected chi connectivity index (χ4v) is 5.33. The Morgan fingerprint density at radius 2 is 1.64 bits per heavy atom. The number of hydrogen-bond donors (Lipinski definition) is 0. The van der Waals surface area contributed by atoms with Gasteiger partial charge < -0.3 is 4.74 Å². The van der Waals surface area contributed by atoms with Gasteiger partial charge in [-0.3, -0.25) is 19.3 Å². The molecule has 2 amide bonds. The Bertz CT molecular complexity index is 1160. The largest absolute Gasteiger partial charge is 0.497 e. The molecule has 1 saturated heterocycles. The number of ketones is 1. The summed E-state index contributed by atoms with van der Waals surface area (Å²) in [5.74, 6) is -0.0830. The molecule has 1 heterocycles. The maximum Gasteiger partial charge on any atom is 0.293 e. The van der Waals surface area contributed by atoms with Gasteiger partial charge in [0.25, 0.3) is 11.1 Å². The quantitative estimate of drug-likeness (QED) is 0.404. The van der Waals surface area contributed by atoms with Crippen molar-refractivity contribution in [1.82, 2.24) is 4.90 Å². The zero-order chi connectivity index (χ0) is 24.0. The van der Waals surface area contributed by atoms with Gasteiger partial charge in [-0.25, -0.2) is 0 Å². The molecule has 0 atom stereocenters. The Morgan fingerprint density at radius 3 is 2.27 bits per heavy atom. The maximum absolute atomic E-state index is 13.0. The number of fused-ring (bicyclic) bond motifs is 1. The van der Waals surface area contributed by atoms with Gasteiger partial charge in [0.05, 0.1) is 18.6 Å². The van der Waals surface area contributed by atoms with Crippen LogP contribution in [-0.4, -0.2) is 35.5 Å². The lowest BCUT2D eigenvalue weighted by molar-refractivity contribution is -0.122. The number of nitrogens with zero attached hydrogens (tertiary/aromatic N) is 1. The molecular weight excluding hydrogens is 434 g/mol. The molecule has 0 radical (unpaired) electrons. The molecule has 172 valence electrons. The number of rotatable bonds is 5. The number of methoxy groups -OCH3 is 1. The minimum Gasteiger partial charge on any atom is -0.497 e. The van der Waals surface area contributed by atoms with E-state index in [0.29, 0.717) is 16.2 Å². The average molecular weight is 464 g/mol. The van der Waals surface area contributed by atoms with Crippen molar-refractivity contribution in [3.05, 3.63) is 69.6 Å². The second-order valence-corrected chi connectivity index (χ2v) is 11.0. The molecule has 1 aliphatic carbocycles. The minimum absolute atomic E-state index is 0.0544. The van der Waals surface area contributed by atoms with E-state index in [1.807, 2.05) is 6.07 Å². The highest BCUT2D eigenvalue weighted by atomic mass is 32.2. The summed E-state index contributed by atoms with van der Waals surface area (Å²) in [5.41, 5.74) is 4.13. The van der Waals surface area contributed by atoms with Crippen molar-refractivity contribution in [2.75, 3.05) is 13.7 Å². The van der Waals surface area contributed by atoms with E-state index in [0.717, 1.165) is 35.1 Å². The molecule has 1 fully saturated rings.